The fraction of sp³-hybridized carbons (Fsp3) is 0.625. The summed E-state index contributed by atoms with van der Waals surface area (Å²) in [5.41, 5.74) is -0.616. The van der Waals surface area contributed by atoms with Gasteiger partial charge in [0.05, 0.1) is 10.9 Å². The van der Waals surface area contributed by atoms with E-state index in [4.69, 9.17) is 0 Å². The predicted octanol–water partition coefficient (Wildman–Crippen LogP) is 3.03. The summed E-state index contributed by atoms with van der Waals surface area (Å²) in [5, 5.41) is 10.7. The number of hydrogen-bond donors (Lipinski definition) is 1. The van der Waals surface area contributed by atoms with Gasteiger partial charge < -0.3 is 5.11 Å². The van der Waals surface area contributed by atoms with Crippen LogP contribution in [0, 0.1) is 11.7 Å². The van der Waals surface area contributed by atoms with E-state index in [1.54, 1.807) is 12.1 Å². The van der Waals surface area contributed by atoms with Gasteiger partial charge in [0.25, 0.3) is 0 Å². The lowest BCUT2D eigenvalue weighted by Gasteiger charge is -2.40. The number of rotatable bonds is 4. The van der Waals surface area contributed by atoms with Crippen molar-refractivity contribution in [3.8, 4) is 0 Å². The van der Waals surface area contributed by atoms with Crippen molar-refractivity contribution in [1.82, 2.24) is 0 Å². The van der Waals surface area contributed by atoms with Gasteiger partial charge in [0.2, 0.25) is 0 Å². The van der Waals surface area contributed by atoms with Crippen LogP contribution in [-0.4, -0.2) is 25.0 Å². The summed E-state index contributed by atoms with van der Waals surface area (Å²) in [6.45, 7) is 1.86. The molecule has 0 aromatic heterocycles. The summed E-state index contributed by atoms with van der Waals surface area (Å²) in [7, 11) is -3.10. The van der Waals surface area contributed by atoms with E-state index in [-0.39, 0.29) is 11.7 Å². The van der Waals surface area contributed by atoms with Gasteiger partial charge in [-0.25, -0.2) is 12.8 Å². The molecule has 0 bridgehead atoms. The minimum absolute atomic E-state index is 0.155. The molecule has 1 aliphatic carbocycles. The van der Waals surface area contributed by atoms with Crippen molar-refractivity contribution < 1.29 is 17.9 Å². The fourth-order valence-electron chi connectivity index (χ4n) is 3.45. The highest BCUT2D eigenvalue weighted by Gasteiger charge is 2.41. The number of aliphatic hydroxyl groups is 1. The molecular formula is C16H23FO3S. The third-order valence-electron chi connectivity index (χ3n) is 4.77. The molecule has 0 amide bonds. The Morgan fingerprint density at radius 1 is 1.38 bits per heavy atom. The van der Waals surface area contributed by atoms with Gasteiger partial charge in [0.1, 0.15) is 15.7 Å². The molecule has 0 saturated heterocycles. The zero-order valence-corrected chi connectivity index (χ0v) is 13.4. The first-order valence-corrected chi connectivity index (χ1v) is 9.40. The second-order valence-electron chi connectivity index (χ2n) is 6.10. The number of halogens is 1. The van der Waals surface area contributed by atoms with Crippen molar-refractivity contribution in [2.24, 2.45) is 5.92 Å². The third kappa shape index (κ3) is 3.46. The second kappa shape index (κ2) is 6.05. The van der Waals surface area contributed by atoms with Crippen LogP contribution in [0.3, 0.4) is 0 Å². The van der Waals surface area contributed by atoms with Gasteiger partial charge in [0, 0.05) is 6.26 Å². The van der Waals surface area contributed by atoms with Gasteiger partial charge in [-0.2, -0.15) is 0 Å². The molecule has 3 nitrogen and oxygen atoms in total. The number of sulfone groups is 1. The van der Waals surface area contributed by atoms with Crippen LogP contribution in [0.25, 0.3) is 0 Å². The van der Waals surface area contributed by atoms with Crippen LogP contribution >= 0.6 is 0 Å². The molecule has 2 rings (SSSR count). The van der Waals surface area contributed by atoms with E-state index in [0.717, 1.165) is 12.8 Å². The lowest BCUT2D eigenvalue weighted by molar-refractivity contribution is -0.0417. The second-order valence-corrected chi connectivity index (χ2v) is 8.43. The Bertz CT molecular complexity index is 599. The number of benzene rings is 1. The van der Waals surface area contributed by atoms with E-state index >= 15 is 0 Å². The average Bonchev–Trinajstić information content (AvgIpc) is 2.45. The molecule has 0 spiro atoms. The maximum atomic E-state index is 13.5. The lowest BCUT2D eigenvalue weighted by Crippen LogP contribution is -2.40. The summed E-state index contributed by atoms with van der Waals surface area (Å²) in [6.07, 6.45) is 4.34. The summed E-state index contributed by atoms with van der Waals surface area (Å²) < 4.78 is 37.1. The summed E-state index contributed by atoms with van der Waals surface area (Å²) in [5.74, 6) is -0.535. The van der Waals surface area contributed by atoms with E-state index in [2.05, 4.69) is 0 Å². The molecule has 1 fully saturated rings. The van der Waals surface area contributed by atoms with Crippen molar-refractivity contribution in [1.29, 1.82) is 0 Å². The highest BCUT2D eigenvalue weighted by Crippen LogP contribution is 2.43. The third-order valence-corrected chi connectivity index (χ3v) is 6.41. The Kier molecular flexibility index (Phi) is 4.73. The van der Waals surface area contributed by atoms with Crippen LogP contribution < -0.4 is 0 Å². The normalized spacial score (nSPS) is 26.3. The molecular weight excluding hydrogens is 291 g/mol. The Morgan fingerprint density at radius 3 is 2.67 bits per heavy atom. The molecule has 1 saturated carbocycles. The molecule has 1 aliphatic rings. The lowest BCUT2D eigenvalue weighted by atomic mass is 9.72. The van der Waals surface area contributed by atoms with E-state index in [1.807, 2.05) is 6.92 Å². The first kappa shape index (κ1) is 16.4. The standard InChI is InChI=1S/C16H23FO3S/c1-3-16(18,12-6-4-8-14(17)10-12)13-7-5-9-15(11-13)21(2,19)20/h4,6,8,10,13,15,18H,3,5,7,9,11H2,1-2H3. The molecule has 1 N–H and O–H groups in total. The van der Waals surface area contributed by atoms with Crippen molar-refractivity contribution in [2.75, 3.05) is 6.26 Å². The minimum atomic E-state index is -3.10. The van der Waals surface area contributed by atoms with Crippen LogP contribution in [-0.2, 0) is 15.4 Å². The smallest absolute Gasteiger partial charge is 0.150 e. The SMILES string of the molecule is CCC(O)(c1cccc(F)c1)C1CCCC(S(C)(=O)=O)C1. The summed E-state index contributed by atoms with van der Waals surface area (Å²) >= 11 is 0. The zero-order valence-electron chi connectivity index (χ0n) is 12.5. The largest absolute Gasteiger partial charge is 0.385 e. The van der Waals surface area contributed by atoms with E-state index in [1.165, 1.54) is 18.4 Å². The topological polar surface area (TPSA) is 54.4 Å². The zero-order chi connectivity index (χ0) is 15.7. The van der Waals surface area contributed by atoms with Crippen molar-refractivity contribution in [3.05, 3.63) is 35.6 Å². The first-order chi connectivity index (χ1) is 9.77. The maximum Gasteiger partial charge on any atom is 0.150 e. The highest BCUT2D eigenvalue weighted by molar-refractivity contribution is 7.91. The van der Waals surface area contributed by atoms with Crippen LogP contribution in [0.2, 0.25) is 0 Å². The van der Waals surface area contributed by atoms with E-state index < -0.39 is 20.7 Å². The van der Waals surface area contributed by atoms with Crippen LogP contribution in [0.15, 0.2) is 24.3 Å². The monoisotopic (exact) mass is 314 g/mol. The molecule has 1 aromatic rings. The van der Waals surface area contributed by atoms with Gasteiger partial charge in [0.15, 0.2) is 0 Å². The predicted molar refractivity (Wildman–Crippen MR) is 81.2 cm³/mol. The molecule has 1 aromatic carbocycles. The Morgan fingerprint density at radius 2 is 2.10 bits per heavy atom. The molecule has 21 heavy (non-hydrogen) atoms. The molecule has 0 heterocycles. The molecule has 0 aliphatic heterocycles. The Labute approximate surface area is 126 Å². The average molecular weight is 314 g/mol. The van der Waals surface area contributed by atoms with E-state index in [9.17, 15) is 17.9 Å². The quantitative estimate of drug-likeness (QED) is 0.929. The van der Waals surface area contributed by atoms with Gasteiger partial charge in [-0.3, -0.25) is 0 Å². The fourth-order valence-corrected chi connectivity index (χ4v) is 4.63. The van der Waals surface area contributed by atoms with Crippen LogP contribution in [0.4, 0.5) is 4.39 Å². The molecule has 5 heteroatoms. The van der Waals surface area contributed by atoms with Crippen LogP contribution in [0.5, 0.6) is 0 Å². The van der Waals surface area contributed by atoms with Gasteiger partial charge in [-0.15, -0.1) is 0 Å². The van der Waals surface area contributed by atoms with Crippen molar-refractivity contribution >= 4 is 9.84 Å². The number of hydrogen-bond acceptors (Lipinski definition) is 3. The highest BCUT2D eigenvalue weighted by atomic mass is 32.2. The van der Waals surface area contributed by atoms with Gasteiger partial charge >= 0.3 is 0 Å². The maximum absolute atomic E-state index is 13.5. The van der Waals surface area contributed by atoms with Gasteiger partial charge in [-0.1, -0.05) is 25.5 Å². The Hall–Kier alpha value is -0.940. The van der Waals surface area contributed by atoms with Crippen molar-refractivity contribution in [2.45, 2.75) is 49.9 Å². The summed E-state index contributed by atoms with van der Waals surface area (Å²) in [4.78, 5) is 0. The van der Waals surface area contributed by atoms with Crippen LogP contribution in [0.1, 0.15) is 44.6 Å². The van der Waals surface area contributed by atoms with Gasteiger partial charge in [-0.05, 0) is 49.3 Å². The molecule has 0 radical (unpaired) electrons. The first-order valence-electron chi connectivity index (χ1n) is 7.44. The van der Waals surface area contributed by atoms with Crippen molar-refractivity contribution in [3.63, 3.8) is 0 Å². The molecule has 3 atom stereocenters. The summed E-state index contributed by atoms with van der Waals surface area (Å²) in [6, 6.07) is 6.01. The Balaban J connectivity index is 2.32. The molecule has 3 unspecified atom stereocenters. The van der Waals surface area contributed by atoms with E-state index in [0.29, 0.717) is 24.8 Å². The molecule has 118 valence electrons. The minimum Gasteiger partial charge on any atom is -0.385 e.